The number of amides is 1. The minimum Gasteiger partial charge on any atom is -0.340 e. The third kappa shape index (κ3) is 3.59. The van der Waals surface area contributed by atoms with Crippen LogP contribution in [0, 0.1) is 17.8 Å². The number of nitrogens with one attached hydrogen (secondary N) is 1. The molecule has 3 heteroatoms. The van der Waals surface area contributed by atoms with Crippen LogP contribution in [-0.2, 0) is 4.79 Å². The maximum absolute atomic E-state index is 12.2. The SMILES string of the molecule is CC(C)C(=O)NC1(C#Cc2cncc3ccccc23)CCCCC1. The number of carbonyl (C=O) groups is 1. The molecule has 0 unspecified atom stereocenters. The molecule has 1 aliphatic carbocycles. The van der Waals surface area contributed by atoms with Crippen molar-refractivity contribution >= 4 is 16.7 Å². The third-order valence-electron chi connectivity index (χ3n) is 4.70. The van der Waals surface area contributed by atoms with Gasteiger partial charge < -0.3 is 5.32 Å². The van der Waals surface area contributed by atoms with Crippen LogP contribution in [0.1, 0.15) is 51.5 Å². The topological polar surface area (TPSA) is 42.0 Å². The van der Waals surface area contributed by atoms with Gasteiger partial charge in [-0.05, 0) is 12.8 Å². The first kappa shape index (κ1) is 16.5. The van der Waals surface area contributed by atoms with Gasteiger partial charge in [0, 0.05) is 29.1 Å². The predicted molar refractivity (Wildman–Crippen MR) is 97.4 cm³/mol. The average Bonchev–Trinajstić information content (AvgIpc) is 2.60. The smallest absolute Gasteiger partial charge is 0.223 e. The van der Waals surface area contributed by atoms with Crippen molar-refractivity contribution in [3.8, 4) is 11.8 Å². The summed E-state index contributed by atoms with van der Waals surface area (Å²) in [5.74, 6) is 6.78. The Hall–Kier alpha value is -2.34. The predicted octanol–water partition coefficient (Wildman–Crippen LogP) is 4.06. The van der Waals surface area contributed by atoms with Crippen molar-refractivity contribution < 1.29 is 4.79 Å². The molecule has 0 bridgehead atoms. The van der Waals surface area contributed by atoms with Gasteiger partial charge in [0.05, 0.1) is 5.56 Å². The van der Waals surface area contributed by atoms with E-state index in [1.165, 1.54) is 6.42 Å². The summed E-state index contributed by atoms with van der Waals surface area (Å²) >= 11 is 0. The van der Waals surface area contributed by atoms with Crippen LogP contribution in [0.15, 0.2) is 36.7 Å². The number of benzene rings is 1. The third-order valence-corrected chi connectivity index (χ3v) is 4.70. The lowest BCUT2D eigenvalue weighted by atomic mass is 9.81. The minimum atomic E-state index is -0.392. The van der Waals surface area contributed by atoms with E-state index in [9.17, 15) is 4.79 Å². The van der Waals surface area contributed by atoms with E-state index < -0.39 is 5.54 Å². The summed E-state index contributed by atoms with van der Waals surface area (Å²) in [6.45, 7) is 3.85. The molecule has 2 aromatic rings. The van der Waals surface area contributed by atoms with E-state index in [1.54, 1.807) is 0 Å². The van der Waals surface area contributed by atoms with Crippen LogP contribution >= 0.6 is 0 Å². The number of hydrogen-bond acceptors (Lipinski definition) is 2. The number of aromatic nitrogens is 1. The van der Waals surface area contributed by atoms with Crippen LogP contribution in [0.25, 0.3) is 10.8 Å². The summed E-state index contributed by atoms with van der Waals surface area (Å²) in [5, 5.41) is 5.42. The van der Waals surface area contributed by atoms with Crippen LogP contribution in [0.4, 0.5) is 0 Å². The molecule has 1 heterocycles. The highest BCUT2D eigenvalue weighted by molar-refractivity contribution is 5.87. The van der Waals surface area contributed by atoms with Gasteiger partial charge in [0.2, 0.25) is 5.91 Å². The minimum absolute atomic E-state index is 0.0233. The average molecular weight is 320 g/mol. The van der Waals surface area contributed by atoms with Gasteiger partial charge in [-0.3, -0.25) is 9.78 Å². The Balaban J connectivity index is 1.96. The molecule has 0 spiro atoms. The van der Waals surface area contributed by atoms with E-state index in [1.807, 2.05) is 44.4 Å². The van der Waals surface area contributed by atoms with Crippen LogP contribution < -0.4 is 5.32 Å². The van der Waals surface area contributed by atoms with Crippen molar-refractivity contribution in [2.75, 3.05) is 0 Å². The molecule has 1 aliphatic rings. The van der Waals surface area contributed by atoms with E-state index in [0.717, 1.165) is 42.0 Å². The van der Waals surface area contributed by atoms with Crippen LogP contribution in [0.3, 0.4) is 0 Å². The highest BCUT2D eigenvalue weighted by Gasteiger charge is 2.32. The second kappa shape index (κ2) is 7.05. The first-order chi connectivity index (χ1) is 11.6. The molecule has 1 N–H and O–H groups in total. The largest absolute Gasteiger partial charge is 0.340 e. The highest BCUT2D eigenvalue weighted by atomic mass is 16.2. The molecule has 1 amide bonds. The van der Waals surface area contributed by atoms with Crippen molar-refractivity contribution in [2.45, 2.75) is 51.5 Å². The molecule has 3 rings (SSSR count). The molecule has 1 saturated carbocycles. The van der Waals surface area contributed by atoms with E-state index >= 15 is 0 Å². The van der Waals surface area contributed by atoms with E-state index in [4.69, 9.17) is 0 Å². The number of rotatable bonds is 2. The lowest BCUT2D eigenvalue weighted by Crippen LogP contribution is -2.50. The lowest BCUT2D eigenvalue weighted by Gasteiger charge is -2.34. The van der Waals surface area contributed by atoms with Gasteiger partial charge in [0.15, 0.2) is 0 Å². The van der Waals surface area contributed by atoms with E-state index in [0.29, 0.717) is 0 Å². The molecule has 1 fully saturated rings. The van der Waals surface area contributed by atoms with Crippen LogP contribution in [0.2, 0.25) is 0 Å². The van der Waals surface area contributed by atoms with Gasteiger partial charge in [-0.1, -0.05) is 69.2 Å². The molecule has 0 radical (unpaired) electrons. The molecular weight excluding hydrogens is 296 g/mol. The molecule has 3 nitrogen and oxygen atoms in total. The van der Waals surface area contributed by atoms with Gasteiger partial charge in [-0.15, -0.1) is 0 Å². The molecule has 24 heavy (non-hydrogen) atoms. The summed E-state index contributed by atoms with van der Waals surface area (Å²) in [6.07, 6.45) is 8.97. The van der Waals surface area contributed by atoms with Gasteiger partial charge >= 0.3 is 0 Å². The normalized spacial score (nSPS) is 16.5. The highest BCUT2D eigenvalue weighted by Crippen LogP contribution is 2.28. The van der Waals surface area contributed by atoms with E-state index in [-0.39, 0.29) is 11.8 Å². The van der Waals surface area contributed by atoms with Crippen molar-refractivity contribution in [2.24, 2.45) is 5.92 Å². The molecule has 1 aromatic heterocycles. The zero-order chi connectivity index (χ0) is 17.0. The molecule has 0 saturated heterocycles. The fourth-order valence-electron chi connectivity index (χ4n) is 3.22. The quantitative estimate of drug-likeness (QED) is 0.848. The molecule has 0 aliphatic heterocycles. The number of hydrogen-bond donors (Lipinski definition) is 1. The number of carbonyl (C=O) groups excluding carboxylic acids is 1. The maximum atomic E-state index is 12.2. The van der Waals surface area contributed by atoms with Gasteiger partial charge in [-0.25, -0.2) is 0 Å². The Morgan fingerprint density at radius 1 is 1.17 bits per heavy atom. The van der Waals surface area contributed by atoms with Crippen LogP contribution in [0.5, 0.6) is 0 Å². The molecule has 0 atom stereocenters. The standard InChI is InChI=1S/C21H24N2O/c1-16(2)20(24)23-21(11-6-3-7-12-21)13-10-18-15-22-14-17-8-4-5-9-19(17)18/h4-5,8-9,14-16H,3,6-7,11-12H2,1-2H3,(H,23,24). The Morgan fingerprint density at radius 2 is 1.92 bits per heavy atom. The zero-order valence-electron chi connectivity index (χ0n) is 14.4. The van der Waals surface area contributed by atoms with Gasteiger partial charge in [-0.2, -0.15) is 0 Å². The Bertz CT molecular complexity index is 787. The Morgan fingerprint density at radius 3 is 2.67 bits per heavy atom. The second-order valence-electron chi connectivity index (χ2n) is 6.94. The first-order valence-corrected chi connectivity index (χ1v) is 8.78. The van der Waals surface area contributed by atoms with E-state index in [2.05, 4.69) is 28.2 Å². The fourth-order valence-corrected chi connectivity index (χ4v) is 3.22. The summed E-state index contributed by atoms with van der Waals surface area (Å²) in [5.41, 5.74) is 0.535. The first-order valence-electron chi connectivity index (χ1n) is 8.78. The Labute approximate surface area is 143 Å². The van der Waals surface area contributed by atoms with Gasteiger partial charge in [0.1, 0.15) is 5.54 Å². The van der Waals surface area contributed by atoms with Crippen molar-refractivity contribution in [3.63, 3.8) is 0 Å². The van der Waals surface area contributed by atoms with Crippen molar-refractivity contribution in [3.05, 3.63) is 42.2 Å². The second-order valence-corrected chi connectivity index (χ2v) is 6.94. The van der Waals surface area contributed by atoms with Gasteiger partial charge in [0.25, 0.3) is 0 Å². The zero-order valence-corrected chi connectivity index (χ0v) is 14.4. The number of pyridine rings is 1. The van der Waals surface area contributed by atoms with Crippen molar-refractivity contribution in [1.29, 1.82) is 0 Å². The number of nitrogens with zero attached hydrogens (tertiary/aromatic N) is 1. The summed E-state index contributed by atoms with van der Waals surface area (Å²) in [4.78, 5) is 16.5. The molecular formula is C21H24N2O. The fraction of sp³-hybridized carbons (Fsp3) is 0.429. The summed E-state index contributed by atoms with van der Waals surface area (Å²) in [6, 6.07) is 8.14. The maximum Gasteiger partial charge on any atom is 0.223 e. The van der Waals surface area contributed by atoms with Crippen molar-refractivity contribution in [1.82, 2.24) is 10.3 Å². The monoisotopic (exact) mass is 320 g/mol. The number of fused-ring (bicyclic) bond motifs is 1. The molecule has 1 aromatic carbocycles. The Kier molecular flexibility index (Phi) is 4.85. The van der Waals surface area contributed by atoms with Crippen LogP contribution in [-0.4, -0.2) is 16.4 Å². The summed E-state index contributed by atoms with van der Waals surface area (Å²) < 4.78 is 0. The summed E-state index contributed by atoms with van der Waals surface area (Å²) in [7, 11) is 0. The lowest BCUT2D eigenvalue weighted by molar-refractivity contribution is -0.125. The molecule has 124 valence electrons.